The van der Waals surface area contributed by atoms with Gasteiger partial charge in [-0.3, -0.25) is 0 Å². The summed E-state index contributed by atoms with van der Waals surface area (Å²) < 4.78 is 13.0. The van der Waals surface area contributed by atoms with E-state index in [-0.39, 0.29) is 6.61 Å². The van der Waals surface area contributed by atoms with Crippen LogP contribution in [-0.2, 0) is 5.60 Å². The average Bonchev–Trinajstić information content (AvgIpc) is 3.14. The van der Waals surface area contributed by atoms with Crippen molar-refractivity contribution < 1.29 is 9.47 Å². The molecule has 0 fully saturated rings. The van der Waals surface area contributed by atoms with Gasteiger partial charge < -0.3 is 9.47 Å². The Morgan fingerprint density at radius 1 is 0.771 bits per heavy atom. The fourth-order valence-corrected chi connectivity index (χ4v) is 5.76. The van der Waals surface area contributed by atoms with E-state index < -0.39 is 5.60 Å². The zero-order chi connectivity index (χ0) is 23.6. The zero-order valence-corrected chi connectivity index (χ0v) is 19.3. The van der Waals surface area contributed by atoms with E-state index in [1.165, 1.54) is 38.6 Å². The van der Waals surface area contributed by atoms with E-state index >= 15 is 0 Å². The highest BCUT2D eigenvalue weighted by molar-refractivity contribution is 6.00. The second-order valence-electron chi connectivity index (χ2n) is 9.24. The molecule has 5 aromatic rings. The fourth-order valence-electron chi connectivity index (χ4n) is 5.76. The van der Waals surface area contributed by atoms with Gasteiger partial charge in [0.25, 0.3) is 0 Å². The first kappa shape index (κ1) is 19.9. The van der Waals surface area contributed by atoms with Crippen molar-refractivity contribution in [3.8, 4) is 35.0 Å². The molecule has 1 aliphatic carbocycles. The Hall–Kier alpha value is -4.48. The van der Waals surface area contributed by atoms with Crippen LogP contribution in [0.3, 0.4) is 0 Å². The van der Waals surface area contributed by atoms with Gasteiger partial charge in [0, 0.05) is 27.5 Å². The van der Waals surface area contributed by atoms with Crippen LogP contribution in [0.2, 0.25) is 0 Å². The van der Waals surface area contributed by atoms with Gasteiger partial charge in [0.15, 0.2) is 5.60 Å². The van der Waals surface area contributed by atoms with Gasteiger partial charge >= 0.3 is 0 Å². The lowest BCUT2D eigenvalue weighted by Crippen LogP contribution is -2.33. The van der Waals surface area contributed by atoms with E-state index in [2.05, 4.69) is 97.8 Å². The molecule has 0 N–H and O–H groups in total. The standard InChI is InChI=1S/C33H22O2/c1-3-17-34-31-14-8-12-27-26(31)16-15-24-21(2)20-33(35-32(24)27)29-13-7-6-11-25(29)28-18-22-9-4-5-10-23(22)19-30(28)33/h1,4-16,18-20H,17H2,2H3. The van der Waals surface area contributed by atoms with Crippen molar-refractivity contribution in [1.82, 2.24) is 0 Å². The third-order valence-electron chi connectivity index (χ3n) is 7.29. The molecule has 166 valence electrons. The molecule has 1 atom stereocenters. The van der Waals surface area contributed by atoms with Gasteiger partial charge in [0.05, 0.1) is 0 Å². The largest absolute Gasteiger partial charge is 0.480 e. The van der Waals surface area contributed by atoms with Crippen molar-refractivity contribution in [2.45, 2.75) is 12.5 Å². The minimum Gasteiger partial charge on any atom is -0.480 e. The van der Waals surface area contributed by atoms with Gasteiger partial charge in [-0.1, -0.05) is 72.7 Å². The first-order valence-electron chi connectivity index (χ1n) is 11.8. The minimum absolute atomic E-state index is 0.230. The summed E-state index contributed by atoms with van der Waals surface area (Å²) >= 11 is 0. The molecule has 35 heavy (non-hydrogen) atoms. The molecule has 1 spiro atoms. The van der Waals surface area contributed by atoms with E-state index in [0.717, 1.165) is 27.8 Å². The summed E-state index contributed by atoms with van der Waals surface area (Å²) in [5.41, 5.74) is 6.40. The highest BCUT2D eigenvalue weighted by Gasteiger charge is 2.46. The van der Waals surface area contributed by atoms with Crippen LogP contribution in [0.5, 0.6) is 11.5 Å². The van der Waals surface area contributed by atoms with Gasteiger partial charge in [0.2, 0.25) is 0 Å². The molecular weight excluding hydrogens is 428 g/mol. The predicted octanol–water partition coefficient (Wildman–Crippen LogP) is 7.72. The quantitative estimate of drug-likeness (QED) is 0.256. The number of benzene rings is 5. The third kappa shape index (κ3) is 2.73. The maximum atomic E-state index is 7.15. The molecule has 0 saturated carbocycles. The Bertz CT molecular complexity index is 1750. The summed E-state index contributed by atoms with van der Waals surface area (Å²) in [6, 6.07) is 32.0. The molecule has 2 aliphatic rings. The van der Waals surface area contributed by atoms with Crippen molar-refractivity contribution in [2.24, 2.45) is 0 Å². The van der Waals surface area contributed by atoms with Crippen molar-refractivity contribution in [1.29, 1.82) is 0 Å². The van der Waals surface area contributed by atoms with Crippen molar-refractivity contribution in [3.05, 3.63) is 114 Å². The normalized spacial score (nSPS) is 17.3. The molecular formula is C33H22O2. The van der Waals surface area contributed by atoms with E-state index in [1.54, 1.807) is 0 Å². The van der Waals surface area contributed by atoms with Crippen LogP contribution >= 0.6 is 0 Å². The van der Waals surface area contributed by atoms with Crippen LogP contribution in [0.25, 0.3) is 38.2 Å². The SMILES string of the molecule is C#CCOc1cccc2c3c(ccc12)C(C)=CC1(O3)c2ccccc2-c2cc3ccccc3cc21. The van der Waals surface area contributed by atoms with Crippen LogP contribution in [0.1, 0.15) is 23.6 Å². The monoisotopic (exact) mass is 450 g/mol. The lowest BCUT2D eigenvalue weighted by atomic mass is 9.84. The van der Waals surface area contributed by atoms with Crippen LogP contribution in [0.15, 0.2) is 97.1 Å². The van der Waals surface area contributed by atoms with E-state index in [9.17, 15) is 0 Å². The van der Waals surface area contributed by atoms with E-state index in [1.807, 2.05) is 12.1 Å². The van der Waals surface area contributed by atoms with Crippen LogP contribution < -0.4 is 9.47 Å². The Labute approximate surface area is 204 Å². The second kappa shape index (κ2) is 7.26. The van der Waals surface area contributed by atoms with Crippen LogP contribution in [0.4, 0.5) is 0 Å². The molecule has 0 saturated heterocycles. The Morgan fingerprint density at radius 2 is 1.57 bits per heavy atom. The van der Waals surface area contributed by atoms with E-state index in [4.69, 9.17) is 15.9 Å². The topological polar surface area (TPSA) is 18.5 Å². The predicted molar refractivity (Wildman–Crippen MR) is 143 cm³/mol. The molecule has 2 nitrogen and oxygen atoms in total. The molecule has 1 heterocycles. The van der Waals surface area contributed by atoms with Crippen molar-refractivity contribution in [3.63, 3.8) is 0 Å². The molecule has 0 radical (unpaired) electrons. The lowest BCUT2D eigenvalue weighted by Gasteiger charge is -2.36. The van der Waals surface area contributed by atoms with Crippen LogP contribution in [0, 0.1) is 12.3 Å². The van der Waals surface area contributed by atoms with Crippen molar-refractivity contribution in [2.75, 3.05) is 6.61 Å². The van der Waals surface area contributed by atoms with Gasteiger partial charge in [-0.2, -0.15) is 0 Å². The number of fused-ring (bicyclic) bond motifs is 9. The summed E-state index contributed by atoms with van der Waals surface area (Å²) in [7, 11) is 0. The molecule has 0 bridgehead atoms. The molecule has 5 aromatic carbocycles. The highest BCUT2D eigenvalue weighted by atomic mass is 16.5. The van der Waals surface area contributed by atoms with E-state index in [0.29, 0.717) is 0 Å². The molecule has 1 unspecified atom stereocenters. The van der Waals surface area contributed by atoms with Gasteiger partial charge in [-0.05, 0) is 64.7 Å². The number of hydrogen-bond acceptors (Lipinski definition) is 2. The highest BCUT2D eigenvalue weighted by Crippen LogP contribution is 2.56. The Morgan fingerprint density at radius 3 is 2.43 bits per heavy atom. The zero-order valence-electron chi connectivity index (χ0n) is 19.3. The summed E-state index contributed by atoms with van der Waals surface area (Å²) in [5, 5.41) is 4.46. The number of terminal acetylenes is 1. The summed E-state index contributed by atoms with van der Waals surface area (Å²) in [6.45, 7) is 2.41. The third-order valence-corrected chi connectivity index (χ3v) is 7.29. The Kier molecular flexibility index (Phi) is 4.13. The molecule has 1 aliphatic heterocycles. The maximum Gasteiger partial charge on any atom is 0.179 e. The smallest absolute Gasteiger partial charge is 0.179 e. The molecule has 7 rings (SSSR count). The summed E-state index contributed by atoms with van der Waals surface area (Å²) in [5.74, 6) is 4.21. The van der Waals surface area contributed by atoms with Crippen molar-refractivity contribution >= 4 is 27.1 Å². The molecule has 0 aromatic heterocycles. The Balaban J connectivity index is 1.52. The number of ether oxygens (including phenoxy) is 2. The minimum atomic E-state index is -0.697. The number of rotatable bonds is 2. The van der Waals surface area contributed by atoms with Gasteiger partial charge in [0.1, 0.15) is 18.1 Å². The summed E-state index contributed by atoms with van der Waals surface area (Å²) in [6.07, 6.45) is 7.74. The molecule has 2 heteroatoms. The fraction of sp³-hybridized carbons (Fsp3) is 0.0909. The number of allylic oxidation sites excluding steroid dienone is 1. The number of hydrogen-bond donors (Lipinski definition) is 0. The van der Waals surface area contributed by atoms with Gasteiger partial charge in [-0.15, -0.1) is 6.42 Å². The maximum absolute atomic E-state index is 7.15. The summed E-state index contributed by atoms with van der Waals surface area (Å²) in [4.78, 5) is 0. The first-order valence-corrected chi connectivity index (χ1v) is 11.8. The average molecular weight is 451 g/mol. The lowest BCUT2D eigenvalue weighted by molar-refractivity contribution is 0.168. The van der Waals surface area contributed by atoms with Crippen LogP contribution in [-0.4, -0.2) is 6.61 Å². The second-order valence-corrected chi connectivity index (χ2v) is 9.24. The van der Waals surface area contributed by atoms with Gasteiger partial charge in [-0.25, -0.2) is 0 Å². The molecule has 0 amide bonds. The first-order chi connectivity index (χ1) is 17.2.